The van der Waals surface area contributed by atoms with Crippen LogP contribution in [0.1, 0.15) is 15.9 Å². The summed E-state index contributed by atoms with van der Waals surface area (Å²) in [6, 6.07) is 6.46. The Bertz CT molecular complexity index is 645. The number of hydrogen-bond donors (Lipinski definition) is 2. The summed E-state index contributed by atoms with van der Waals surface area (Å²) >= 11 is 6.46. The Balaban J connectivity index is 2.20. The molecule has 2 aromatic rings. The Hall–Kier alpha value is -1.40. The molecule has 0 aliphatic carbocycles. The van der Waals surface area contributed by atoms with Crippen molar-refractivity contribution in [2.75, 3.05) is 5.32 Å². The molecule has 0 fully saturated rings. The lowest BCUT2D eigenvalue weighted by Crippen LogP contribution is -2.12. The van der Waals surface area contributed by atoms with Gasteiger partial charge >= 0.3 is 0 Å². The van der Waals surface area contributed by atoms with Crippen LogP contribution in [0, 0.1) is 6.92 Å². The molecule has 0 radical (unpaired) electrons. The van der Waals surface area contributed by atoms with Crippen molar-refractivity contribution in [1.82, 2.24) is 4.98 Å². The molecule has 0 aliphatic rings. The van der Waals surface area contributed by atoms with Crippen LogP contribution in [0.2, 0.25) is 0 Å². The fourth-order valence-electron chi connectivity index (χ4n) is 1.48. The van der Waals surface area contributed by atoms with E-state index in [0.29, 0.717) is 15.7 Å². The van der Waals surface area contributed by atoms with Gasteiger partial charge in [0.2, 0.25) is 0 Å². The number of aromatic hydroxyl groups is 1. The number of hydrogen-bond acceptors (Lipinski definition) is 3. The average Bonchev–Trinajstić information content (AvgIpc) is 2.37. The number of rotatable bonds is 2. The van der Waals surface area contributed by atoms with Crippen LogP contribution >= 0.6 is 31.9 Å². The summed E-state index contributed by atoms with van der Waals surface area (Å²) in [4.78, 5) is 16.1. The zero-order valence-electron chi connectivity index (χ0n) is 9.95. The van der Waals surface area contributed by atoms with E-state index in [2.05, 4.69) is 42.2 Å². The fourth-order valence-corrected chi connectivity index (χ4v) is 1.95. The normalized spacial score (nSPS) is 10.3. The molecule has 0 unspecified atom stereocenters. The summed E-state index contributed by atoms with van der Waals surface area (Å²) in [7, 11) is 0. The first-order valence-corrected chi connectivity index (χ1v) is 6.98. The summed E-state index contributed by atoms with van der Waals surface area (Å²) in [6.07, 6.45) is 1.56. The molecule has 1 aromatic heterocycles. The second kappa shape index (κ2) is 5.71. The van der Waals surface area contributed by atoms with Crippen LogP contribution in [-0.4, -0.2) is 16.0 Å². The number of anilines is 1. The number of halogens is 2. The molecule has 2 rings (SSSR count). The summed E-state index contributed by atoms with van der Waals surface area (Å²) in [6.45, 7) is 1.89. The van der Waals surface area contributed by atoms with Gasteiger partial charge in [-0.05, 0) is 68.6 Å². The van der Waals surface area contributed by atoms with Gasteiger partial charge < -0.3 is 10.4 Å². The molecule has 0 saturated heterocycles. The number of phenolic OH excluding ortho intramolecular Hbond substituents is 1. The summed E-state index contributed by atoms with van der Waals surface area (Å²) < 4.78 is 1.29. The largest absolute Gasteiger partial charge is 0.507 e. The monoisotopic (exact) mass is 384 g/mol. The molecular formula is C13H10Br2N2O2. The van der Waals surface area contributed by atoms with Gasteiger partial charge in [-0.15, -0.1) is 0 Å². The van der Waals surface area contributed by atoms with E-state index in [-0.39, 0.29) is 11.7 Å². The molecule has 19 heavy (non-hydrogen) atoms. The number of benzene rings is 1. The average molecular weight is 386 g/mol. The van der Waals surface area contributed by atoms with E-state index < -0.39 is 0 Å². The molecule has 1 aromatic carbocycles. The van der Waals surface area contributed by atoms with Crippen molar-refractivity contribution in [2.45, 2.75) is 6.92 Å². The van der Waals surface area contributed by atoms with Crippen LogP contribution in [0.3, 0.4) is 0 Å². The van der Waals surface area contributed by atoms with Gasteiger partial charge in [0.15, 0.2) is 0 Å². The smallest absolute Gasteiger partial charge is 0.255 e. The Morgan fingerprint density at radius 2 is 2.05 bits per heavy atom. The lowest BCUT2D eigenvalue weighted by Gasteiger charge is -2.07. The number of nitrogens with zero attached hydrogens (tertiary/aromatic N) is 1. The van der Waals surface area contributed by atoms with Gasteiger partial charge in [-0.25, -0.2) is 4.98 Å². The second-order valence-corrected chi connectivity index (χ2v) is 5.56. The third-order valence-corrected chi connectivity index (χ3v) is 3.98. The fraction of sp³-hybridized carbons (Fsp3) is 0.0769. The lowest BCUT2D eigenvalue weighted by molar-refractivity contribution is 0.102. The van der Waals surface area contributed by atoms with Gasteiger partial charge in [0.25, 0.3) is 5.91 Å². The molecule has 0 spiro atoms. The molecule has 2 N–H and O–H groups in total. The predicted octanol–water partition coefficient (Wildman–Crippen LogP) is 3.87. The first kappa shape index (κ1) is 14.0. The lowest BCUT2D eigenvalue weighted by atomic mass is 10.2. The van der Waals surface area contributed by atoms with E-state index in [1.165, 1.54) is 6.07 Å². The van der Waals surface area contributed by atoms with Gasteiger partial charge in [-0.3, -0.25) is 4.79 Å². The number of amides is 1. The maximum Gasteiger partial charge on any atom is 0.255 e. The van der Waals surface area contributed by atoms with Crippen molar-refractivity contribution in [3.63, 3.8) is 0 Å². The Labute approximate surface area is 127 Å². The number of aromatic nitrogens is 1. The van der Waals surface area contributed by atoms with Crippen molar-refractivity contribution in [3.05, 3.63) is 50.7 Å². The van der Waals surface area contributed by atoms with E-state index >= 15 is 0 Å². The summed E-state index contributed by atoms with van der Waals surface area (Å²) in [5.74, 6) is -0.274. The first-order chi connectivity index (χ1) is 8.97. The molecule has 98 valence electrons. The highest BCUT2D eigenvalue weighted by atomic mass is 79.9. The maximum atomic E-state index is 12.0. The predicted molar refractivity (Wildman–Crippen MR) is 80.4 cm³/mol. The molecule has 0 saturated carbocycles. The minimum absolute atomic E-state index is 0.0257. The van der Waals surface area contributed by atoms with Crippen molar-refractivity contribution in [3.8, 4) is 5.75 Å². The number of nitrogens with one attached hydrogen (secondary N) is 1. The van der Waals surface area contributed by atoms with Crippen LogP contribution in [0.5, 0.6) is 5.75 Å². The molecular weight excluding hydrogens is 376 g/mol. The number of phenols is 1. The van der Waals surface area contributed by atoms with E-state index in [1.807, 2.05) is 13.0 Å². The van der Waals surface area contributed by atoms with Crippen molar-refractivity contribution in [2.24, 2.45) is 0 Å². The Morgan fingerprint density at radius 3 is 2.68 bits per heavy atom. The van der Waals surface area contributed by atoms with E-state index in [4.69, 9.17) is 0 Å². The van der Waals surface area contributed by atoms with Crippen LogP contribution in [0.4, 0.5) is 5.69 Å². The second-order valence-electron chi connectivity index (χ2n) is 3.95. The van der Waals surface area contributed by atoms with Crippen LogP contribution in [0.15, 0.2) is 39.5 Å². The Kier molecular flexibility index (Phi) is 4.21. The van der Waals surface area contributed by atoms with Gasteiger partial charge in [-0.1, -0.05) is 0 Å². The van der Waals surface area contributed by atoms with E-state index in [9.17, 15) is 9.90 Å². The van der Waals surface area contributed by atoms with Crippen molar-refractivity contribution >= 4 is 43.5 Å². The summed E-state index contributed by atoms with van der Waals surface area (Å²) in [5.41, 5.74) is 1.91. The number of pyridine rings is 1. The zero-order chi connectivity index (χ0) is 14.0. The SMILES string of the molecule is Cc1cc(NC(=O)c2ccc(Br)c(O)c2)cnc1Br. The van der Waals surface area contributed by atoms with E-state index in [0.717, 1.165) is 10.2 Å². The molecule has 1 heterocycles. The number of aryl methyl sites for hydroxylation is 1. The quantitative estimate of drug-likeness (QED) is 0.771. The van der Waals surface area contributed by atoms with Crippen LogP contribution in [-0.2, 0) is 0 Å². The minimum atomic E-state index is -0.300. The highest BCUT2D eigenvalue weighted by Crippen LogP contribution is 2.25. The third-order valence-electron chi connectivity index (χ3n) is 2.48. The third kappa shape index (κ3) is 3.33. The number of carbonyl (C=O) groups is 1. The molecule has 0 bridgehead atoms. The molecule has 6 heteroatoms. The van der Waals surface area contributed by atoms with Gasteiger partial charge in [0.05, 0.1) is 16.4 Å². The van der Waals surface area contributed by atoms with Crippen molar-refractivity contribution < 1.29 is 9.90 Å². The van der Waals surface area contributed by atoms with Gasteiger partial charge in [0, 0.05) is 5.56 Å². The van der Waals surface area contributed by atoms with Crippen LogP contribution in [0.25, 0.3) is 0 Å². The van der Waals surface area contributed by atoms with Crippen molar-refractivity contribution in [1.29, 1.82) is 0 Å². The standard InChI is InChI=1S/C13H10Br2N2O2/c1-7-4-9(6-16-12(7)15)17-13(19)8-2-3-10(14)11(18)5-8/h2-6,18H,1H3,(H,17,19). The summed E-state index contributed by atoms with van der Waals surface area (Å²) in [5, 5.41) is 12.3. The number of carbonyl (C=O) groups excluding carboxylic acids is 1. The Morgan fingerprint density at radius 1 is 1.32 bits per heavy atom. The highest BCUT2D eigenvalue weighted by Gasteiger charge is 2.09. The van der Waals surface area contributed by atoms with Gasteiger partial charge in [0.1, 0.15) is 10.4 Å². The molecule has 0 aliphatic heterocycles. The maximum absolute atomic E-state index is 12.0. The van der Waals surface area contributed by atoms with E-state index in [1.54, 1.807) is 18.3 Å². The molecule has 4 nitrogen and oxygen atoms in total. The zero-order valence-corrected chi connectivity index (χ0v) is 13.1. The topological polar surface area (TPSA) is 62.2 Å². The van der Waals surface area contributed by atoms with Gasteiger partial charge in [-0.2, -0.15) is 0 Å². The highest BCUT2D eigenvalue weighted by molar-refractivity contribution is 9.10. The minimum Gasteiger partial charge on any atom is -0.507 e. The molecule has 0 atom stereocenters. The first-order valence-electron chi connectivity index (χ1n) is 5.39. The van der Waals surface area contributed by atoms with Crippen LogP contribution < -0.4 is 5.32 Å². The molecule has 1 amide bonds.